The smallest absolute Gasteiger partial charge is 0 e. The SMILES string of the molecule is Cc1c[c-](C)c(C)c1C.[Zr]. The maximum absolute atomic E-state index is 2.24. The Labute approximate surface area is 82.1 Å². The molecule has 0 radical (unpaired) electrons. The average molecular weight is 212 g/mol. The first kappa shape index (κ1) is 10.2. The van der Waals surface area contributed by atoms with Gasteiger partial charge in [0, 0.05) is 26.2 Å². The van der Waals surface area contributed by atoms with E-state index in [1.165, 1.54) is 22.3 Å². The third-order valence-corrected chi connectivity index (χ3v) is 2.18. The van der Waals surface area contributed by atoms with Crippen LogP contribution in [0.5, 0.6) is 0 Å². The van der Waals surface area contributed by atoms with E-state index in [9.17, 15) is 0 Å². The van der Waals surface area contributed by atoms with Crippen LogP contribution in [0.1, 0.15) is 22.3 Å². The van der Waals surface area contributed by atoms with E-state index in [0.29, 0.717) is 0 Å². The quantitative estimate of drug-likeness (QED) is 0.580. The van der Waals surface area contributed by atoms with Gasteiger partial charge in [-0.15, -0.1) is 0 Å². The standard InChI is InChI=1S/C9H13.Zr/c1-6-5-7(2)9(4)8(6)3;/h5H,1-4H3;/q-1;. The topological polar surface area (TPSA) is 0 Å². The summed E-state index contributed by atoms with van der Waals surface area (Å²) < 4.78 is 0. The molecule has 0 aliphatic heterocycles. The summed E-state index contributed by atoms with van der Waals surface area (Å²) in [5.74, 6) is 0. The molecule has 0 saturated heterocycles. The summed E-state index contributed by atoms with van der Waals surface area (Å²) in [6.45, 7) is 8.68. The molecule has 0 saturated carbocycles. The maximum atomic E-state index is 2.24. The Balaban J connectivity index is 0.000000810. The first-order valence-corrected chi connectivity index (χ1v) is 3.33. The second-order valence-electron chi connectivity index (χ2n) is 2.76. The fraction of sp³-hybridized carbons (Fsp3) is 0.444. The zero-order valence-electron chi connectivity index (χ0n) is 7.08. The summed E-state index contributed by atoms with van der Waals surface area (Å²) in [5, 5.41) is 0. The van der Waals surface area contributed by atoms with E-state index in [-0.39, 0.29) is 26.2 Å². The van der Waals surface area contributed by atoms with E-state index in [2.05, 4.69) is 33.8 Å². The summed E-state index contributed by atoms with van der Waals surface area (Å²) >= 11 is 0. The normalized spacial score (nSPS) is 9.20. The summed E-state index contributed by atoms with van der Waals surface area (Å²) in [5.41, 5.74) is 5.75. The van der Waals surface area contributed by atoms with Crippen LogP contribution in [-0.4, -0.2) is 0 Å². The van der Waals surface area contributed by atoms with E-state index in [0.717, 1.165) is 0 Å². The Morgan fingerprint density at radius 3 is 1.80 bits per heavy atom. The molecule has 1 aromatic carbocycles. The molecule has 0 fully saturated rings. The zero-order valence-corrected chi connectivity index (χ0v) is 9.54. The van der Waals surface area contributed by atoms with Gasteiger partial charge in [0.2, 0.25) is 0 Å². The van der Waals surface area contributed by atoms with E-state index >= 15 is 0 Å². The van der Waals surface area contributed by atoms with Crippen molar-refractivity contribution < 1.29 is 26.2 Å². The minimum atomic E-state index is 0. The predicted octanol–water partition coefficient (Wildman–Crippen LogP) is 2.64. The molecule has 0 nitrogen and oxygen atoms in total. The summed E-state index contributed by atoms with van der Waals surface area (Å²) in [4.78, 5) is 0. The second-order valence-corrected chi connectivity index (χ2v) is 2.76. The van der Waals surface area contributed by atoms with Gasteiger partial charge in [0.15, 0.2) is 0 Å². The van der Waals surface area contributed by atoms with Gasteiger partial charge < -0.3 is 0 Å². The third kappa shape index (κ3) is 1.63. The molecule has 54 valence electrons. The molecule has 0 aliphatic rings. The third-order valence-electron chi connectivity index (χ3n) is 2.18. The molecular formula is C9H13Zr-. The molecule has 0 N–H and O–H groups in total. The number of hydrogen-bond acceptors (Lipinski definition) is 0. The molecule has 1 aromatic rings. The van der Waals surface area contributed by atoms with Gasteiger partial charge in [0.05, 0.1) is 0 Å². The Hall–Kier alpha value is 0.233. The van der Waals surface area contributed by atoms with Gasteiger partial charge in [-0.25, -0.2) is 0 Å². The predicted molar refractivity (Wildman–Crippen MR) is 41.0 cm³/mol. The minimum Gasteiger partial charge on any atom is -0.199 e. The molecule has 1 rings (SSSR count). The van der Waals surface area contributed by atoms with Crippen molar-refractivity contribution in [2.75, 3.05) is 0 Å². The Bertz CT molecular complexity index is 198. The van der Waals surface area contributed by atoms with Gasteiger partial charge in [-0.2, -0.15) is 28.3 Å². The monoisotopic (exact) mass is 211 g/mol. The van der Waals surface area contributed by atoms with Crippen molar-refractivity contribution in [2.24, 2.45) is 0 Å². The zero-order chi connectivity index (χ0) is 7.02. The fourth-order valence-electron chi connectivity index (χ4n) is 1.13. The Kier molecular flexibility index (Phi) is 3.66. The number of aryl methyl sites for hydroxylation is 2. The van der Waals surface area contributed by atoms with Gasteiger partial charge in [-0.1, -0.05) is 27.7 Å². The first-order valence-electron chi connectivity index (χ1n) is 3.33. The van der Waals surface area contributed by atoms with E-state index in [1.54, 1.807) is 0 Å². The second kappa shape index (κ2) is 3.57. The molecule has 0 aromatic heterocycles. The van der Waals surface area contributed by atoms with Gasteiger partial charge in [0.25, 0.3) is 0 Å². The molecule has 1 heteroatoms. The van der Waals surface area contributed by atoms with Crippen LogP contribution in [0.4, 0.5) is 0 Å². The van der Waals surface area contributed by atoms with E-state index < -0.39 is 0 Å². The van der Waals surface area contributed by atoms with Crippen LogP contribution in [-0.2, 0) is 26.2 Å². The van der Waals surface area contributed by atoms with E-state index in [4.69, 9.17) is 0 Å². The molecule has 10 heavy (non-hydrogen) atoms. The van der Waals surface area contributed by atoms with Crippen molar-refractivity contribution in [3.63, 3.8) is 0 Å². The van der Waals surface area contributed by atoms with Crippen molar-refractivity contribution in [2.45, 2.75) is 27.7 Å². The van der Waals surface area contributed by atoms with Gasteiger partial charge >= 0.3 is 0 Å². The largest absolute Gasteiger partial charge is 0.199 e. The van der Waals surface area contributed by atoms with Crippen LogP contribution >= 0.6 is 0 Å². The molecule has 0 atom stereocenters. The summed E-state index contributed by atoms with van der Waals surface area (Å²) in [7, 11) is 0. The Morgan fingerprint density at radius 1 is 1.20 bits per heavy atom. The van der Waals surface area contributed by atoms with Crippen molar-refractivity contribution in [1.29, 1.82) is 0 Å². The van der Waals surface area contributed by atoms with Gasteiger partial charge in [-0.05, 0) is 0 Å². The molecule has 0 bridgehead atoms. The Morgan fingerprint density at radius 2 is 1.70 bits per heavy atom. The summed E-state index contributed by atoms with van der Waals surface area (Å²) in [6.07, 6.45) is 0. The molecule has 0 amide bonds. The molecule has 0 aliphatic carbocycles. The van der Waals surface area contributed by atoms with Crippen molar-refractivity contribution in [1.82, 2.24) is 0 Å². The molecule has 0 spiro atoms. The number of hydrogen-bond donors (Lipinski definition) is 0. The molecule has 0 unspecified atom stereocenters. The van der Waals surface area contributed by atoms with E-state index in [1.807, 2.05) is 0 Å². The molecular weight excluding hydrogens is 199 g/mol. The van der Waals surface area contributed by atoms with Crippen LogP contribution in [0, 0.1) is 27.7 Å². The summed E-state index contributed by atoms with van der Waals surface area (Å²) in [6, 6.07) is 2.24. The van der Waals surface area contributed by atoms with Gasteiger partial charge in [0.1, 0.15) is 0 Å². The molecule has 0 heterocycles. The minimum absolute atomic E-state index is 0. The van der Waals surface area contributed by atoms with Crippen molar-refractivity contribution in [3.8, 4) is 0 Å². The van der Waals surface area contributed by atoms with Crippen LogP contribution in [0.3, 0.4) is 0 Å². The van der Waals surface area contributed by atoms with Crippen LogP contribution in [0.25, 0.3) is 0 Å². The van der Waals surface area contributed by atoms with Gasteiger partial charge in [-0.3, -0.25) is 0 Å². The van der Waals surface area contributed by atoms with Crippen LogP contribution in [0.2, 0.25) is 0 Å². The first-order chi connectivity index (χ1) is 4.13. The van der Waals surface area contributed by atoms with Crippen molar-refractivity contribution in [3.05, 3.63) is 28.3 Å². The van der Waals surface area contributed by atoms with Crippen LogP contribution in [0.15, 0.2) is 6.07 Å². The average Bonchev–Trinajstić information content (AvgIpc) is 1.98. The maximum Gasteiger partial charge on any atom is 0 e. The fourth-order valence-corrected chi connectivity index (χ4v) is 1.13. The van der Waals surface area contributed by atoms with Crippen molar-refractivity contribution >= 4 is 0 Å². The number of rotatable bonds is 0. The van der Waals surface area contributed by atoms with Crippen LogP contribution < -0.4 is 0 Å².